The van der Waals surface area contributed by atoms with Crippen molar-refractivity contribution >= 4 is 10.8 Å². The Kier molecular flexibility index (Phi) is 4.98. The molecule has 156 valence electrons. The zero-order valence-electron chi connectivity index (χ0n) is 17.0. The molecule has 5 rings (SSSR count). The summed E-state index contributed by atoms with van der Waals surface area (Å²) >= 11 is 0. The summed E-state index contributed by atoms with van der Waals surface area (Å²) in [7, 11) is 0. The van der Waals surface area contributed by atoms with E-state index >= 15 is 0 Å². The van der Waals surface area contributed by atoms with Gasteiger partial charge in [-0.05, 0) is 80.6 Å². The van der Waals surface area contributed by atoms with Crippen molar-refractivity contribution in [3.05, 3.63) is 115 Å². The highest BCUT2D eigenvalue weighted by Gasteiger charge is 2.29. The van der Waals surface area contributed by atoms with Crippen LogP contribution in [-0.2, 0) is 6.18 Å². The summed E-state index contributed by atoms with van der Waals surface area (Å²) in [5, 5.41) is 2.12. The summed E-state index contributed by atoms with van der Waals surface area (Å²) in [6, 6.07) is 29.8. The molecular weight excluding hydrogens is 407 g/mol. The Balaban J connectivity index is 1.47. The molecule has 0 radical (unpaired) electrons. The monoisotopic (exact) mass is 425 g/mol. The lowest BCUT2D eigenvalue weighted by molar-refractivity contribution is -0.137. The van der Waals surface area contributed by atoms with Crippen LogP contribution >= 0.6 is 0 Å². The van der Waals surface area contributed by atoms with E-state index in [1.165, 1.54) is 12.1 Å². The highest BCUT2D eigenvalue weighted by atomic mass is 19.4. The summed E-state index contributed by atoms with van der Waals surface area (Å²) in [5.41, 5.74) is 5.43. The molecule has 4 aromatic carbocycles. The second-order valence-electron chi connectivity index (χ2n) is 7.67. The molecule has 0 aliphatic heterocycles. The number of halogens is 3. The molecule has 1 aromatic heterocycles. The highest BCUT2D eigenvalue weighted by Crippen LogP contribution is 2.33. The molecule has 0 saturated carbocycles. The van der Waals surface area contributed by atoms with Gasteiger partial charge in [0.1, 0.15) is 0 Å². The predicted molar refractivity (Wildman–Crippen MR) is 123 cm³/mol. The van der Waals surface area contributed by atoms with Gasteiger partial charge in [0.05, 0.1) is 5.56 Å². The van der Waals surface area contributed by atoms with Crippen molar-refractivity contribution in [2.24, 2.45) is 0 Å². The molecule has 0 bridgehead atoms. The summed E-state index contributed by atoms with van der Waals surface area (Å²) in [6.07, 6.45) is -0.772. The fourth-order valence-electron chi connectivity index (χ4n) is 3.86. The third kappa shape index (κ3) is 4.00. The van der Waals surface area contributed by atoms with E-state index in [9.17, 15) is 13.2 Å². The summed E-state index contributed by atoms with van der Waals surface area (Å²) < 4.78 is 38.6. The molecule has 0 amide bonds. The van der Waals surface area contributed by atoms with Crippen molar-refractivity contribution in [2.45, 2.75) is 6.18 Å². The molecule has 1 heterocycles. The zero-order chi connectivity index (χ0) is 22.1. The molecule has 0 fully saturated rings. The van der Waals surface area contributed by atoms with E-state index in [1.54, 1.807) is 12.4 Å². The number of fused-ring (bicyclic) bond motifs is 1. The van der Waals surface area contributed by atoms with Crippen molar-refractivity contribution in [1.82, 2.24) is 4.98 Å². The average molecular weight is 425 g/mol. The number of benzene rings is 4. The van der Waals surface area contributed by atoms with Crippen LogP contribution in [0.2, 0.25) is 0 Å². The molecule has 0 aliphatic rings. The molecule has 32 heavy (non-hydrogen) atoms. The standard InChI is InChI=1S/C28H18F3N/c29-28(30,31)27-11-9-21(10-12-27)25-8-6-22-5-7-24(17-26(22)18-25)20-3-1-19(2-4-20)23-13-15-32-16-14-23/h1-18H. The van der Waals surface area contributed by atoms with Crippen LogP contribution in [0.25, 0.3) is 44.2 Å². The maximum Gasteiger partial charge on any atom is 0.416 e. The summed E-state index contributed by atoms with van der Waals surface area (Å²) in [6.45, 7) is 0. The first-order chi connectivity index (χ1) is 15.5. The maximum absolute atomic E-state index is 12.9. The molecule has 0 spiro atoms. The van der Waals surface area contributed by atoms with Gasteiger partial charge in [0.25, 0.3) is 0 Å². The third-order valence-corrected chi connectivity index (χ3v) is 5.62. The number of aromatic nitrogens is 1. The van der Waals surface area contributed by atoms with Gasteiger partial charge >= 0.3 is 6.18 Å². The maximum atomic E-state index is 12.9. The van der Waals surface area contributed by atoms with Crippen LogP contribution in [0.5, 0.6) is 0 Å². The summed E-state index contributed by atoms with van der Waals surface area (Å²) in [4.78, 5) is 4.06. The number of nitrogens with zero attached hydrogens (tertiary/aromatic N) is 1. The number of hydrogen-bond acceptors (Lipinski definition) is 1. The van der Waals surface area contributed by atoms with E-state index in [-0.39, 0.29) is 0 Å². The molecule has 1 nitrogen and oxygen atoms in total. The first kappa shape index (κ1) is 20.0. The van der Waals surface area contributed by atoms with Gasteiger partial charge in [-0.2, -0.15) is 13.2 Å². The number of pyridine rings is 1. The Hall–Kier alpha value is -3.92. The Labute approximate surface area is 183 Å². The van der Waals surface area contributed by atoms with Crippen molar-refractivity contribution in [2.75, 3.05) is 0 Å². The Morgan fingerprint density at radius 1 is 0.438 bits per heavy atom. The zero-order valence-corrected chi connectivity index (χ0v) is 17.0. The SMILES string of the molecule is FC(F)(F)c1ccc(-c2ccc3ccc(-c4ccc(-c5ccncc5)cc4)cc3c2)cc1. The van der Waals surface area contributed by atoms with Crippen LogP contribution in [0.15, 0.2) is 109 Å². The van der Waals surface area contributed by atoms with Crippen molar-refractivity contribution in [1.29, 1.82) is 0 Å². The van der Waals surface area contributed by atoms with Gasteiger partial charge in [0.2, 0.25) is 0 Å². The van der Waals surface area contributed by atoms with Crippen LogP contribution in [0.3, 0.4) is 0 Å². The largest absolute Gasteiger partial charge is 0.416 e. The molecule has 0 unspecified atom stereocenters. The Bertz CT molecular complexity index is 1370. The van der Waals surface area contributed by atoms with Gasteiger partial charge in [0, 0.05) is 12.4 Å². The fourth-order valence-corrected chi connectivity index (χ4v) is 3.86. The molecular formula is C28H18F3N. The van der Waals surface area contributed by atoms with E-state index < -0.39 is 11.7 Å². The Morgan fingerprint density at radius 2 is 0.844 bits per heavy atom. The second-order valence-corrected chi connectivity index (χ2v) is 7.67. The fraction of sp³-hybridized carbons (Fsp3) is 0.0357. The van der Waals surface area contributed by atoms with E-state index in [4.69, 9.17) is 0 Å². The minimum Gasteiger partial charge on any atom is -0.265 e. The van der Waals surface area contributed by atoms with Gasteiger partial charge in [-0.25, -0.2) is 0 Å². The van der Waals surface area contributed by atoms with Gasteiger partial charge in [-0.15, -0.1) is 0 Å². The normalized spacial score (nSPS) is 11.6. The molecule has 0 atom stereocenters. The van der Waals surface area contributed by atoms with E-state index in [2.05, 4.69) is 47.4 Å². The minimum atomic E-state index is -4.33. The van der Waals surface area contributed by atoms with Crippen LogP contribution in [-0.4, -0.2) is 4.98 Å². The first-order valence-corrected chi connectivity index (χ1v) is 10.2. The lowest BCUT2D eigenvalue weighted by Crippen LogP contribution is -2.03. The van der Waals surface area contributed by atoms with Crippen molar-refractivity contribution in [3.63, 3.8) is 0 Å². The van der Waals surface area contributed by atoms with Gasteiger partial charge in [-0.3, -0.25) is 4.98 Å². The number of hydrogen-bond donors (Lipinski definition) is 0. The topological polar surface area (TPSA) is 12.9 Å². The minimum absolute atomic E-state index is 0.639. The Morgan fingerprint density at radius 3 is 1.34 bits per heavy atom. The third-order valence-electron chi connectivity index (χ3n) is 5.62. The number of rotatable bonds is 3. The van der Waals surface area contributed by atoms with E-state index in [1.807, 2.05) is 30.3 Å². The molecule has 4 heteroatoms. The van der Waals surface area contributed by atoms with Crippen LogP contribution in [0.1, 0.15) is 5.56 Å². The van der Waals surface area contributed by atoms with Gasteiger partial charge in [-0.1, -0.05) is 60.7 Å². The van der Waals surface area contributed by atoms with Gasteiger partial charge < -0.3 is 0 Å². The molecule has 0 aliphatic carbocycles. The lowest BCUT2D eigenvalue weighted by Gasteiger charge is -2.10. The second kappa shape index (κ2) is 7.97. The number of alkyl halides is 3. The quantitative estimate of drug-likeness (QED) is 0.284. The van der Waals surface area contributed by atoms with Crippen LogP contribution in [0.4, 0.5) is 13.2 Å². The van der Waals surface area contributed by atoms with Crippen molar-refractivity contribution in [3.8, 4) is 33.4 Å². The van der Waals surface area contributed by atoms with Crippen LogP contribution in [0, 0.1) is 0 Å². The average Bonchev–Trinajstić information content (AvgIpc) is 2.83. The van der Waals surface area contributed by atoms with Gasteiger partial charge in [0.15, 0.2) is 0 Å². The van der Waals surface area contributed by atoms with Crippen LogP contribution < -0.4 is 0 Å². The van der Waals surface area contributed by atoms with Crippen molar-refractivity contribution < 1.29 is 13.2 Å². The van der Waals surface area contributed by atoms with E-state index in [0.29, 0.717) is 0 Å². The summed E-state index contributed by atoms with van der Waals surface area (Å²) in [5.74, 6) is 0. The molecule has 5 aromatic rings. The lowest BCUT2D eigenvalue weighted by atomic mass is 9.96. The highest BCUT2D eigenvalue weighted by molar-refractivity contribution is 5.91. The predicted octanol–water partition coefficient (Wildman–Crippen LogP) is 8.25. The van der Waals surface area contributed by atoms with E-state index in [0.717, 1.165) is 56.3 Å². The molecule has 0 N–H and O–H groups in total. The molecule has 0 saturated heterocycles. The first-order valence-electron chi connectivity index (χ1n) is 10.2. The smallest absolute Gasteiger partial charge is 0.265 e.